The molecule has 13 heteroatoms. The summed E-state index contributed by atoms with van der Waals surface area (Å²) in [5, 5.41) is 0.437. The Hall–Kier alpha value is -3.93. The summed E-state index contributed by atoms with van der Waals surface area (Å²) in [7, 11) is 3.07. The molecule has 1 atom stereocenters. The largest absolute Gasteiger partial charge is 0.340 e. The van der Waals surface area contributed by atoms with Crippen LogP contribution in [0.2, 0.25) is 10.0 Å². The molecule has 42 heavy (non-hydrogen) atoms. The molecule has 6 rings (SSSR count). The number of nitrogens with zero attached hydrogens (tertiary/aromatic N) is 7. The maximum absolute atomic E-state index is 13.4. The second-order valence-electron chi connectivity index (χ2n) is 10.7. The second-order valence-corrected chi connectivity index (χ2v) is 11.5. The summed E-state index contributed by atoms with van der Waals surface area (Å²) in [5.41, 5.74) is 2.20. The van der Waals surface area contributed by atoms with Gasteiger partial charge in [0.25, 0.3) is 11.5 Å². The van der Waals surface area contributed by atoms with Crippen LogP contribution in [0.1, 0.15) is 17.5 Å². The number of hydrogen-bond donors (Lipinski definition) is 0. The standard InChI is InChI=1S/C29H29Cl2N7O4/c1-17-6-4-7-18(14-17)16-37-24-25(33(2)29(42)34(3)27(24)41)32-28(37)36-12-10-35(11-13-36)21-15-22(39)38(26(21)40)20-9-5-8-19(30)23(20)31/h4-9,14,21H,10-13,15-16H2,1-3H3. The molecule has 2 aromatic heterocycles. The molecule has 0 spiro atoms. The summed E-state index contributed by atoms with van der Waals surface area (Å²) in [6.45, 7) is 4.39. The topological polar surface area (TPSA) is 106 Å². The van der Waals surface area contributed by atoms with Crippen LogP contribution in [0.15, 0.2) is 52.1 Å². The predicted molar refractivity (Wildman–Crippen MR) is 162 cm³/mol. The molecule has 0 bridgehead atoms. The molecule has 2 saturated heterocycles. The number of halogens is 2. The third kappa shape index (κ3) is 4.61. The number of piperazine rings is 1. The molecule has 0 N–H and O–H groups in total. The van der Waals surface area contributed by atoms with Crippen molar-refractivity contribution in [2.45, 2.75) is 25.9 Å². The van der Waals surface area contributed by atoms with Crippen LogP contribution in [-0.2, 0) is 30.2 Å². The van der Waals surface area contributed by atoms with E-state index in [1.165, 1.54) is 11.6 Å². The van der Waals surface area contributed by atoms with E-state index in [1.54, 1.807) is 25.2 Å². The van der Waals surface area contributed by atoms with Crippen LogP contribution in [0.3, 0.4) is 0 Å². The Morgan fingerprint density at radius 3 is 2.36 bits per heavy atom. The van der Waals surface area contributed by atoms with Crippen molar-refractivity contribution < 1.29 is 9.59 Å². The Morgan fingerprint density at radius 1 is 0.929 bits per heavy atom. The van der Waals surface area contributed by atoms with Gasteiger partial charge in [0, 0.05) is 40.3 Å². The van der Waals surface area contributed by atoms with E-state index in [9.17, 15) is 19.2 Å². The van der Waals surface area contributed by atoms with Crippen LogP contribution in [0, 0.1) is 6.92 Å². The number of fused-ring (bicyclic) bond motifs is 1. The SMILES string of the molecule is Cc1cccc(Cn2c(N3CCN(C4CC(=O)N(c5cccc(Cl)c5Cl)C4=O)CC3)nc3c2c(=O)n(C)c(=O)n3C)c1. The van der Waals surface area contributed by atoms with Crippen LogP contribution in [0.4, 0.5) is 11.6 Å². The number of hydrogen-bond acceptors (Lipinski definition) is 7. The highest BCUT2D eigenvalue weighted by Gasteiger charge is 2.44. The van der Waals surface area contributed by atoms with Crippen LogP contribution < -0.4 is 21.0 Å². The maximum atomic E-state index is 13.4. The first-order valence-electron chi connectivity index (χ1n) is 13.6. The number of amides is 2. The first kappa shape index (κ1) is 28.2. The number of benzene rings is 2. The van der Waals surface area contributed by atoms with Crippen molar-refractivity contribution in [1.29, 1.82) is 0 Å². The van der Waals surface area contributed by atoms with E-state index in [2.05, 4.69) is 11.0 Å². The molecule has 218 valence electrons. The molecule has 1 unspecified atom stereocenters. The van der Waals surface area contributed by atoms with Crippen molar-refractivity contribution in [2.75, 3.05) is 36.0 Å². The average Bonchev–Trinajstić information content (AvgIpc) is 3.49. The number of rotatable bonds is 5. The normalized spacial score (nSPS) is 18.1. The zero-order valence-corrected chi connectivity index (χ0v) is 24.9. The summed E-state index contributed by atoms with van der Waals surface area (Å²) in [6, 6.07) is 12.3. The van der Waals surface area contributed by atoms with Gasteiger partial charge in [-0.15, -0.1) is 0 Å². The molecule has 2 aliphatic rings. The lowest BCUT2D eigenvalue weighted by Gasteiger charge is -2.37. The average molecular weight is 611 g/mol. The van der Waals surface area contributed by atoms with Crippen molar-refractivity contribution >= 4 is 57.8 Å². The van der Waals surface area contributed by atoms with Gasteiger partial charge in [-0.1, -0.05) is 59.1 Å². The molecule has 2 aliphatic heterocycles. The van der Waals surface area contributed by atoms with Crippen molar-refractivity contribution in [3.63, 3.8) is 0 Å². The second kappa shape index (κ2) is 10.7. The van der Waals surface area contributed by atoms with E-state index in [1.807, 2.05) is 34.6 Å². The molecular formula is C29H29Cl2N7O4. The molecule has 2 fully saturated rings. The molecule has 4 aromatic rings. The van der Waals surface area contributed by atoms with E-state index in [-0.39, 0.29) is 34.0 Å². The molecule has 2 amide bonds. The highest BCUT2D eigenvalue weighted by Crippen LogP contribution is 2.36. The van der Waals surface area contributed by atoms with Gasteiger partial charge in [0.15, 0.2) is 11.2 Å². The molecular weight excluding hydrogens is 581 g/mol. The smallest absolute Gasteiger partial charge is 0.332 e. The highest BCUT2D eigenvalue weighted by molar-refractivity contribution is 6.44. The molecule has 0 saturated carbocycles. The van der Waals surface area contributed by atoms with Crippen LogP contribution in [0.25, 0.3) is 11.2 Å². The number of anilines is 2. The lowest BCUT2D eigenvalue weighted by atomic mass is 10.1. The van der Waals surface area contributed by atoms with Gasteiger partial charge in [-0.05, 0) is 24.6 Å². The molecule has 4 heterocycles. The fraction of sp³-hybridized carbons (Fsp3) is 0.345. The van der Waals surface area contributed by atoms with Gasteiger partial charge >= 0.3 is 5.69 Å². The van der Waals surface area contributed by atoms with Crippen molar-refractivity contribution in [2.24, 2.45) is 14.1 Å². The molecule has 11 nitrogen and oxygen atoms in total. The maximum Gasteiger partial charge on any atom is 0.332 e. The number of imidazole rings is 1. The minimum atomic E-state index is -0.617. The van der Waals surface area contributed by atoms with Crippen molar-refractivity contribution in [3.05, 3.63) is 84.5 Å². The lowest BCUT2D eigenvalue weighted by molar-refractivity contribution is -0.123. The van der Waals surface area contributed by atoms with Crippen molar-refractivity contribution in [1.82, 2.24) is 23.6 Å². The summed E-state index contributed by atoms with van der Waals surface area (Å²) in [5.74, 6) is -0.0817. The number of imide groups is 1. The Balaban J connectivity index is 1.30. The van der Waals surface area contributed by atoms with Crippen LogP contribution in [0.5, 0.6) is 0 Å². The first-order chi connectivity index (χ1) is 20.1. The zero-order chi connectivity index (χ0) is 29.9. The van der Waals surface area contributed by atoms with Crippen molar-refractivity contribution in [3.8, 4) is 0 Å². The van der Waals surface area contributed by atoms with Crippen LogP contribution >= 0.6 is 23.2 Å². The summed E-state index contributed by atoms with van der Waals surface area (Å²) in [4.78, 5) is 62.4. The summed E-state index contributed by atoms with van der Waals surface area (Å²) >= 11 is 12.5. The zero-order valence-electron chi connectivity index (χ0n) is 23.4. The molecule has 0 radical (unpaired) electrons. The van der Waals surface area contributed by atoms with E-state index in [0.717, 1.165) is 20.6 Å². The van der Waals surface area contributed by atoms with Gasteiger partial charge in [-0.2, -0.15) is 4.98 Å². The summed E-state index contributed by atoms with van der Waals surface area (Å²) in [6.07, 6.45) is 0.0473. The minimum Gasteiger partial charge on any atom is -0.340 e. The van der Waals surface area contributed by atoms with Gasteiger partial charge in [-0.25, -0.2) is 9.69 Å². The first-order valence-corrected chi connectivity index (χ1v) is 14.3. The minimum absolute atomic E-state index is 0.0473. The Kier molecular flexibility index (Phi) is 7.20. The number of carbonyl (C=O) groups is 2. The molecule has 2 aromatic carbocycles. The van der Waals surface area contributed by atoms with Crippen LogP contribution in [-0.4, -0.2) is 67.6 Å². The monoisotopic (exact) mass is 609 g/mol. The Morgan fingerprint density at radius 2 is 1.64 bits per heavy atom. The third-order valence-electron chi connectivity index (χ3n) is 8.08. The lowest BCUT2D eigenvalue weighted by Crippen LogP contribution is -2.53. The Bertz CT molecular complexity index is 1870. The van der Waals surface area contributed by atoms with Gasteiger partial charge < -0.3 is 4.90 Å². The fourth-order valence-corrected chi connectivity index (χ4v) is 6.25. The number of aromatic nitrogens is 4. The number of aryl methyl sites for hydroxylation is 2. The fourth-order valence-electron chi connectivity index (χ4n) is 5.87. The quantitative estimate of drug-likeness (QED) is 0.320. The van der Waals surface area contributed by atoms with E-state index < -0.39 is 17.3 Å². The van der Waals surface area contributed by atoms with E-state index >= 15 is 0 Å². The van der Waals surface area contributed by atoms with E-state index in [4.69, 9.17) is 28.2 Å². The highest BCUT2D eigenvalue weighted by atomic mass is 35.5. The van der Waals surface area contributed by atoms with E-state index in [0.29, 0.717) is 49.8 Å². The van der Waals surface area contributed by atoms with Gasteiger partial charge in [0.05, 0.1) is 34.7 Å². The Labute approximate surface area is 251 Å². The third-order valence-corrected chi connectivity index (χ3v) is 8.89. The van der Waals surface area contributed by atoms with Gasteiger partial charge in [0.2, 0.25) is 11.9 Å². The molecule has 0 aliphatic carbocycles. The number of carbonyl (C=O) groups excluding carboxylic acids is 2. The predicted octanol–water partition coefficient (Wildman–Crippen LogP) is 2.55. The van der Waals surface area contributed by atoms with Gasteiger partial charge in [0.1, 0.15) is 0 Å². The van der Waals surface area contributed by atoms with Gasteiger partial charge in [-0.3, -0.25) is 33.0 Å². The summed E-state index contributed by atoms with van der Waals surface area (Å²) < 4.78 is 4.36.